The first-order chi connectivity index (χ1) is 7.19. The van der Waals surface area contributed by atoms with Crippen LogP contribution in [0.3, 0.4) is 0 Å². The first kappa shape index (κ1) is 12.0. The van der Waals surface area contributed by atoms with Crippen LogP contribution in [0.4, 0.5) is 0 Å². The van der Waals surface area contributed by atoms with E-state index in [2.05, 4.69) is 11.4 Å². The minimum absolute atomic E-state index is 0.0177. The van der Waals surface area contributed by atoms with Crippen molar-refractivity contribution in [3.05, 3.63) is 0 Å². The lowest BCUT2D eigenvalue weighted by molar-refractivity contribution is -0.133. The van der Waals surface area contributed by atoms with Gasteiger partial charge in [0.15, 0.2) is 0 Å². The van der Waals surface area contributed by atoms with Crippen molar-refractivity contribution in [3.8, 4) is 6.07 Å². The first-order valence-corrected chi connectivity index (χ1v) is 5.60. The Morgan fingerprint density at radius 3 is 2.93 bits per heavy atom. The molecule has 0 radical (unpaired) electrons. The molecule has 4 heteroatoms. The van der Waals surface area contributed by atoms with Crippen LogP contribution in [0.25, 0.3) is 0 Å². The highest BCUT2D eigenvalue weighted by atomic mass is 16.2. The maximum absolute atomic E-state index is 12.0. The van der Waals surface area contributed by atoms with E-state index in [-0.39, 0.29) is 17.9 Å². The third-order valence-corrected chi connectivity index (χ3v) is 2.77. The Bertz CT molecular complexity index is 253. The third kappa shape index (κ3) is 3.21. The van der Waals surface area contributed by atoms with E-state index in [1.54, 1.807) is 4.90 Å². The Morgan fingerprint density at radius 1 is 1.73 bits per heavy atom. The molecule has 84 valence electrons. The van der Waals surface area contributed by atoms with Gasteiger partial charge in [-0.25, -0.2) is 0 Å². The smallest absolute Gasteiger partial charge is 0.239 e. The number of hydrogen-bond donors (Lipinski definition) is 1. The number of nitriles is 1. The fraction of sp³-hybridized carbons (Fsp3) is 0.818. The molecule has 2 atom stereocenters. The number of rotatable bonds is 4. The van der Waals surface area contributed by atoms with Gasteiger partial charge in [-0.1, -0.05) is 0 Å². The van der Waals surface area contributed by atoms with Gasteiger partial charge in [0.2, 0.25) is 5.91 Å². The molecule has 4 nitrogen and oxygen atoms in total. The second-order valence-electron chi connectivity index (χ2n) is 4.06. The molecule has 1 fully saturated rings. The first-order valence-electron chi connectivity index (χ1n) is 5.60. The molecular formula is C11H19N3O. The second kappa shape index (κ2) is 5.72. The van der Waals surface area contributed by atoms with Crippen molar-refractivity contribution in [2.75, 3.05) is 19.6 Å². The van der Waals surface area contributed by atoms with Crippen molar-refractivity contribution in [2.45, 2.75) is 32.7 Å². The van der Waals surface area contributed by atoms with Crippen molar-refractivity contribution >= 4 is 5.91 Å². The fourth-order valence-corrected chi connectivity index (χ4v) is 1.86. The zero-order chi connectivity index (χ0) is 11.3. The molecule has 1 N–H and O–H groups in total. The van der Waals surface area contributed by atoms with Crippen molar-refractivity contribution in [2.24, 2.45) is 5.92 Å². The maximum Gasteiger partial charge on any atom is 0.239 e. The standard InChI is InChI=1S/C11H19N3O/c1-3-14(8-9(2)7-12)11(15)10-5-4-6-13-10/h9-10,13H,3-6,8H2,1-2H3. The molecule has 15 heavy (non-hydrogen) atoms. The fourth-order valence-electron chi connectivity index (χ4n) is 1.86. The molecule has 1 aliphatic heterocycles. The minimum atomic E-state index is -0.0877. The molecule has 1 aliphatic rings. The van der Waals surface area contributed by atoms with Crippen molar-refractivity contribution in [1.29, 1.82) is 5.26 Å². The van der Waals surface area contributed by atoms with Gasteiger partial charge in [-0.15, -0.1) is 0 Å². The van der Waals surface area contributed by atoms with Crippen LogP contribution in [0, 0.1) is 17.2 Å². The normalized spacial score (nSPS) is 22.1. The van der Waals surface area contributed by atoms with Gasteiger partial charge in [0.05, 0.1) is 18.0 Å². The summed E-state index contributed by atoms with van der Waals surface area (Å²) in [5.74, 6) is 0.0624. The Kier molecular flexibility index (Phi) is 4.57. The Balaban J connectivity index is 2.50. The largest absolute Gasteiger partial charge is 0.340 e. The molecule has 0 spiro atoms. The van der Waals surface area contributed by atoms with Crippen LogP contribution >= 0.6 is 0 Å². The number of nitrogens with one attached hydrogen (secondary N) is 1. The lowest BCUT2D eigenvalue weighted by Gasteiger charge is -2.25. The lowest BCUT2D eigenvalue weighted by atomic mass is 10.1. The monoisotopic (exact) mass is 209 g/mol. The van der Waals surface area contributed by atoms with Crippen LogP contribution in [0.15, 0.2) is 0 Å². The zero-order valence-corrected chi connectivity index (χ0v) is 9.49. The molecule has 0 saturated carbocycles. The lowest BCUT2D eigenvalue weighted by Crippen LogP contribution is -2.45. The molecule has 0 aliphatic carbocycles. The number of carbonyl (C=O) groups excluding carboxylic acids is 1. The van der Waals surface area contributed by atoms with E-state index in [0.717, 1.165) is 19.4 Å². The average Bonchev–Trinajstić information content (AvgIpc) is 2.77. The van der Waals surface area contributed by atoms with Gasteiger partial charge in [0.25, 0.3) is 0 Å². The number of hydrogen-bond acceptors (Lipinski definition) is 3. The highest BCUT2D eigenvalue weighted by Crippen LogP contribution is 2.10. The average molecular weight is 209 g/mol. The summed E-state index contributed by atoms with van der Waals surface area (Å²) < 4.78 is 0. The molecule has 1 saturated heterocycles. The molecular weight excluding hydrogens is 190 g/mol. The summed E-state index contributed by atoms with van der Waals surface area (Å²) in [7, 11) is 0. The van der Waals surface area contributed by atoms with Crippen LogP contribution in [0.1, 0.15) is 26.7 Å². The summed E-state index contributed by atoms with van der Waals surface area (Å²) in [6.45, 7) is 5.96. The van der Waals surface area contributed by atoms with Crippen LogP contribution in [-0.4, -0.2) is 36.5 Å². The summed E-state index contributed by atoms with van der Waals surface area (Å²) in [4.78, 5) is 13.8. The van der Waals surface area contributed by atoms with E-state index in [9.17, 15) is 4.79 Å². The SMILES string of the molecule is CCN(CC(C)C#N)C(=O)C1CCCN1. The molecule has 0 bridgehead atoms. The van der Waals surface area contributed by atoms with Gasteiger partial charge in [-0.3, -0.25) is 4.79 Å². The number of amides is 1. The van der Waals surface area contributed by atoms with Gasteiger partial charge >= 0.3 is 0 Å². The molecule has 0 aromatic heterocycles. The van der Waals surface area contributed by atoms with E-state index in [1.807, 2.05) is 13.8 Å². The highest BCUT2D eigenvalue weighted by Gasteiger charge is 2.26. The van der Waals surface area contributed by atoms with Gasteiger partial charge in [-0.05, 0) is 33.2 Å². The summed E-state index contributed by atoms with van der Waals surface area (Å²) in [5, 5.41) is 11.9. The van der Waals surface area contributed by atoms with Crippen LogP contribution in [-0.2, 0) is 4.79 Å². The summed E-state index contributed by atoms with van der Waals surface area (Å²) in [6.07, 6.45) is 2.00. The van der Waals surface area contributed by atoms with Gasteiger partial charge < -0.3 is 10.2 Å². The van der Waals surface area contributed by atoms with E-state index in [4.69, 9.17) is 5.26 Å². The highest BCUT2D eigenvalue weighted by molar-refractivity contribution is 5.82. The van der Waals surface area contributed by atoms with E-state index >= 15 is 0 Å². The van der Waals surface area contributed by atoms with Crippen molar-refractivity contribution in [1.82, 2.24) is 10.2 Å². The topological polar surface area (TPSA) is 56.1 Å². The van der Waals surface area contributed by atoms with Gasteiger partial charge in [0.1, 0.15) is 0 Å². The zero-order valence-electron chi connectivity index (χ0n) is 9.49. The number of carbonyl (C=O) groups is 1. The van der Waals surface area contributed by atoms with Gasteiger partial charge in [-0.2, -0.15) is 5.26 Å². The molecule has 0 aromatic carbocycles. The number of nitrogens with zero attached hydrogens (tertiary/aromatic N) is 2. The molecule has 0 aromatic rings. The Hall–Kier alpha value is -1.08. The molecule has 2 unspecified atom stereocenters. The van der Waals surface area contributed by atoms with E-state index < -0.39 is 0 Å². The van der Waals surface area contributed by atoms with Crippen molar-refractivity contribution < 1.29 is 4.79 Å². The summed E-state index contributed by atoms with van der Waals surface area (Å²) in [6, 6.07) is 2.14. The quantitative estimate of drug-likeness (QED) is 0.743. The molecule has 1 heterocycles. The molecule has 1 amide bonds. The second-order valence-corrected chi connectivity index (χ2v) is 4.06. The van der Waals surface area contributed by atoms with Crippen LogP contribution < -0.4 is 5.32 Å². The Labute approximate surface area is 91.2 Å². The van der Waals surface area contributed by atoms with Gasteiger partial charge in [0, 0.05) is 13.1 Å². The maximum atomic E-state index is 12.0. The van der Waals surface area contributed by atoms with Crippen molar-refractivity contribution in [3.63, 3.8) is 0 Å². The predicted octanol–water partition coefficient (Wildman–Crippen LogP) is 0.747. The predicted molar refractivity (Wildman–Crippen MR) is 58.1 cm³/mol. The molecule has 1 rings (SSSR count). The van der Waals surface area contributed by atoms with E-state index in [0.29, 0.717) is 13.1 Å². The number of likely N-dealkylation sites (N-methyl/N-ethyl adjacent to an activating group) is 1. The van der Waals surface area contributed by atoms with E-state index in [1.165, 1.54) is 0 Å². The third-order valence-electron chi connectivity index (χ3n) is 2.77. The minimum Gasteiger partial charge on any atom is -0.340 e. The summed E-state index contributed by atoms with van der Waals surface area (Å²) in [5.41, 5.74) is 0. The summed E-state index contributed by atoms with van der Waals surface area (Å²) >= 11 is 0. The van der Waals surface area contributed by atoms with Crippen LogP contribution in [0.2, 0.25) is 0 Å². The Morgan fingerprint density at radius 2 is 2.47 bits per heavy atom. The van der Waals surface area contributed by atoms with Crippen LogP contribution in [0.5, 0.6) is 0 Å².